The van der Waals surface area contributed by atoms with Crippen LogP contribution in [0.25, 0.3) is 10.6 Å². The second-order valence-electron chi connectivity index (χ2n) is 7.69. The van der Waals surface area contributed by atoms with Gasteiger partial charge in [-0.15, -0.1) is 11.3 Å². The molecule has 0 atom stereocenters. The third-order valence-electron chi connectivity index (χ3n) is 4.26. The summed E-state index contributed by atoms with van der Waals surface area (Å²) in [5.74, 6) is 0. The average molecular weight is 374 g/mol. The van der Waals surface area contributed by atoms with Gasteiger partial charge >= 0.3 is 6.09 Å². The summed E-state index contributed by atoms with van der Waals surface area (Å²) in [5.41, 5.74) is 0.719. The molecule has 140 valence electrons. The Morgan fingerprint density at radius 2 is 1.96 bits per heavy atom. The summed E-state index contributed by atoms with van der Waals surface area (Å²) >= 11 is 1.75. The maximum atomic E-state index is 11.9. The molecule has 1 aromatic heterocycles. The second kappa shape index (κ2) is 8.18. The predicted molar refractivity (Wildman–Crippen MR) is 105 cm³/mol. The number of nitrogens with one attached hydrogen (secondary N) is 1. The SMILES string of the molecule is CC(C)(C)OC(=O)NC1CCN(Cc2cnc(-c3ccccc3)s2)CC1. The van der Waals surface area contributed by atoms with Crippen LogP contribution < -0.4 is 5.32 Å². The summed E-state index contributed by atoms with van der Waals surface area (Å²) in [6.07, 6.45) is 3.57. The number of aromatic nitrogens is 1. The number of alkyl carbamates (subject to hydrolysis) is 1. The maximum absolute atomic E-state index is 11.9. The van der Waals surface area contributed by atoms with Crippen molar-refractivity contribution >= 4 is 17.4 Å². The van der Waals surface area contributed by atoms with Crippen LogP contribution in [0.4, 0.5) is 4.79 Å². The normalized spacial score (nSPS) is 16.4. The minimum atomic E-state index is -0.451. The number of hydrogen-bond donors (Lipinski definition) is 1. The van der Waals surface area contributed by atoms with Crippen LogP contribution in [0.1, 0.15) is 38.5 Å². The quantitative estimate of drug-likeness (QED) is 0.868. The number of nitrogens with zero attached hydrogens (tertiary/aromatic N) is 2. The molecule has 2 heterocycles. The van der Waals surface area contributed by atoms with Crippen LogP contribution in [-0.2, 0) is 11.3 Å². The van der Waals surface area contributed by atoms with Gasteiger partial charge in [-0.3, -0.25) is 4.90 Å². The van der Waals surface area contributed by atoms with Crippen molar-refractivity contribution < 1.29 is 9.53 Å². The van der Waals surface area contributed by atoms with E-state index in [1.54, 1.807) is 11.3 Å². The van der Waals surface area contributed by atoms with E-state index in [0.717, 1.165) is 37.5 Å². The number of piperidine rings is 1. The Morgan fingerprint density at radius 1 is 1.27 bits per heavy atom. The average Bonchev–Trinajstić information content (AvgIpc) is 3.04. The molecule has 1 aliphatic rings. The number of benzene rings is 1. The molecule has 0 radical (unpaired) electrons. The fourth-order valence-corrected chi connectivity index (χ4v) is 3.99. The van der Waals surface area contributed by atoms with Crippen molar-refractivity contribution in [2.24, 2.45) is 0 Å². The first kappa shape index (κ1) is 18.9. The molecule has 2 aromatic rings. The predicted octanol–water partition coefficient (Wildman–Crippen LogP) is 4.30. The Balaban J connectivity index is 1.46. The first-order chi connectivity index (χ1) is 12.4. The van der Waals surface area contributed by atoms with Gasteiger partial charge in [-0.2, -0.15) is 0 Å². The van der Waals surface area contributed by atoms with Crippen LogP contribution in [-0.4, -0.2) is 40.7 Å². The van der Waals surface area contributed by atoms with E-state index < -0.39 is 5.60 Å². The van der Waals surface area contributed by atoms with Crippen molar-refractivity contribution in [3.63, 3.8) is 0 Å². The molecule has 3 rings (SSSR count). The lowest BCUT2D eigenvalue weighted by atomic mass is 10.1. The highest BCUT2D eigenvalue weighted by Crippen LogP contribution is 2.26. The highest BCUT2D eigenvalue weighted by atomic mass is 32.1. The maximum Gasteiger partial charge on any atom is 0.407 e. The van der Waals surface area contributed by atoms with E-state index in [1.165, 1.54) is 10.4 Å². The summed E-state index contributed by atoms with van der Waals surface area (Å²) in [6, 6.07) is 10.5. The van der Waals surface area contributed by atoms with Crippen molar-refractivity contribution in [1.82, 2.24) is 15.2 Å². The number of likely N-dealkylation sites (tertiary alicyclic amines) is 1. The van der Waals surface area contributed by atoms with E-state index in [0.29, 0.717) is 0 Å². The Morgan fingerprint density at radius 3 is 2.62 bits per heavy atom. The van der Waals surface area contributed by atoms with Crippen LogP contribution in [0, 0.1) is 0 Å². The minimum Gasteiger partial charge on any atom is -0.444 e. The molecule has 0 saturated carbocycles. The number of amides is 1. The van der Waals surface area contributed by atoms with E-state index in [9.17, 15) is 4.79 Å². The Hall–Kier alpha value is -1.92. The smallest absolute Gasteiger partial charge is 0.407 e. The van der Waals surface area contributed by atoms with Crippen molar-refractivity contribution in [2.75, 3.05) is 13.1 Å². The van der Waals surface area contributed by atoms with E-state index >= 15 is 0 Å². The number of carbonyl (C=O) groups is 1. The van der Waals surface area contributed by atoms with E-state index in [4.69, 9.17) is 4.74 Å². The molecule has 0 spiro atoms. The molecule has 1 aromatic carbocycles. The Kier molecular flexibility index (Phi) is 5.94. The summed E-state index contributed by atoms with van der Waals surface area (Å²) in [6.45, 7) is 8.51. The largest absolute Gasteiger partial charge is 0.444 e. The molecule has 0 bridgehead atoms. The summed E-state index contributed by atoms with van der Waals surface area (Å²) in [7, 11) is 0. The third kappa shape index (κ3) is 5.54. The van der Waals surface area contributed by atoms with Gasteiger partial charge in [0, 0.05) is 42.3 Å². The number of carbonyl (C=O) groups excluding carboxylic acids is 1. The molecule has 1 N–H and O–H groups in total. The van der Waals surface area contributed by atoms with Gasteiger partial charge in [-0.1, -0.05) is 30.3 Å². The molecule has 1 aliphatic heterocycles. The zero-order valence-corrected chi connectivity index (χ0v) is 16.5. The Bertz CT molecular complexity index is 716. The van der Waals surface area contributed by atoms with Crippen LogP contribution in [0.3, 0.4) is 0 Å². The van der Waals surface area contributed by atoms with E-state index in [-0.39, 0.29) is 12.1 Å². The van der Waals surface area contributed by atoms with Crippen molar-refractivity contribution in [2.45, 2.75) is 51.8 Å². The number of ether oxygens (including phenoxy) is 1. The molecule has 0 unspecified atom stereocenters. The monoisotopic (exact) mass is 373 g/mol. The molecule has 6 heteroatoms. The van der Waals surface area contributed by atoms with E-state index in [2.05, 4.69) is 27.3 Å². The van der Waals surface area contributed by atoms with Crippen molar-refractivity contribution in [3.05, 3.63) is 41.4 Å². The van der Waals surface area contributed by atoms with Gasteiger partial charge in [0.2, 0.25) is 0 Å². The summed E-state index contributed by atoms with van der Waals surface area (Å²) < 4.78 is 5.34. The topological polar surface area (TPSA) is 54.5 Å². The minimum absolute atomic E-state index is 0.197. The molecule has 1 saturated heterocycles. The molecular formula is C20H27N3O2S. The Labute approximate surface area is 159 Å². The summed E-state index contributed by atoms with van der Waals surface area (Å²) in [5, 5.41) is 4.06. The number of hydrogen-bond acceptors (Lipinski definition) is 5. The zero-order valence-electron chi connectivity index (χ0n) is 15.7. The third-order valence-corrected chi connectivity index (χ3v) is 5.29. The number of thiazole rings is 1. The summed E-state index contributed by atoms with van der Waals surface area (Å²) in [4.78, 5) is 20.1. The zero-order chi connectivity index (χ0) is 18.6. The van der Waals surface area contributed by atoms with Gasteiger partial charge in [-0.05, 0) is 33.6 Å². The van der Waals surface area contributed by atoms with Gasteiger partial charge in [0.05, 0.1) is 0 Å². The second-order valence-corrected chi connectivity index (χ2v) is 8.81. The van der Waals surface area contributed by atoms with Crippen molar-refractivity contribution in [3.8, 4) is 10.6 Å². The molecule has 5 nitrogen and oxygen atoms in total. The van der Waals surface area contributed by atoms with E-state index in [1.807, 2.05) is 45.2 Å². The lowest BCUT2D eigenvalue weighted by Crippen LogP contribution is -2.45. The van der Waals surface area contributed by atoms with Gasteiger partial charge in [-0.25, -0.2) is 9.78 Å². The van der Waals surface area contributed by atoms with Gasteiger partial charge < -0.3 is 10.1 Å². The van der Waals surface area contributed by atoms with Crippen LogP contribution in [0.5, 0.6) is 0 Å². The molecule has 0 aliphatic carbocycles. The molecule has 1 fully saturated rings. The lowest BCUT2D eigenvalue weighted by Gasteiger charge is -2.32. The fourth-order valence-electron chi connectivity index (χ4n) is 3.02. The molecular weight excluding hydrogens is 346 g/mol. The van der Waals surface area contributed by atoms with Crippen LogP contribution >= 0.6 is 11.3 Å². The standard InChI is InChI=1S/C20H27N3O2S/c1-20(2,3)25-19(24)22-16-9-11-23(12-10-16)14-17-13-21-18(26-17)15-7-5-4-6-8-15/h4-8,13,16H,9-12,14H2,1-3H3,(H,22,24). The highest BCUT2D eigenvalue weighted by Gasteiger charge is 2.24. The van der Waals surface area contributed by atoms with Gasteiger partial charge in [0.1, 0.15) is 10.6 Å². The lowest BCUT2D eigenvalue weighted by molar-refractivity contribution is 0.0477. The fraction of sp³-hybridized carbons (Fsp3) is 0.500. The molecule has 1 amide bonds. The van der Waals surface area contributed by atoms with Gasteiger partial charge in [0.25, 0.3) is 0 Å². The highest BCUT2D eigenvalue weighted by molar-refractivity contribution is 7.15. The number of rotatable bonds is 4. The van der Waals surface area contributed by atoms with Crippen molar-refractivity contribution in [1.29, 1.82) is 0 Å². The van der Waals surface area contributed by atoms with Crippen LogP contribution in [0.2, 0.25) is 0 Å². The first-order valence-corrected chi connectivity index (χ1v) is 9.93. The van der Waals surface area contributed by atoms with Crippen LogP contribution in [0.15, 0.2) is 36.5 Å². The first-order valence-electron chi connectivity index (χ1n) is 9.11. The molecule has 26 heavy (non-hydrogen) atoms. The van der Waals surface area contributed by atoms with Gasteiger partial charge in [0.15, 0.2) is 0 Å².